The third kappa shape index (κ3) is 4.75. The summed E-state index contributed by atoms with van der Waals surface area (Å²) in [5, 5.41) is 0. The van der Waals surface area contributed by atoms with Gasteiger partial charge in [0.25, 0.3) is 0 Å². The average molecular weight is 271 g/mol. The first-order valence-corrected chi connectivity index (χ1v) is 7.39. The van der Waals surface area contributed by atoms with Crippen molar-refractivity contribution in [1.29, 1.82) is 0 Å². The lowest BCUT2D eigenvalue weighted by Crippen LogP contribution is -2.27. The van der Waals surface area contributed by atoms with Gasteiger partial charge in [0.1, 0.15) is 0 Å². The Hall–Kier alpha value is -0.650. The summed E-state index contributed by atoms with van der Waals surface area (Å²) in [5.74, 6) is 0.645. The second kappa shape index (κ2) is 7.82. The SMILES string of the molecule is NC[C@H]1CC[C@H](C(=O)OCCCC2OCCO2)CC1. The molecule has 0 unspecified atom stereocenters. The Morgan fingerprint density at radius 1 is 1.16 bits per heavy atom. The number of ether oxygens (including phenoxy) is 3. The van der Waals surface area contributed by atoms with Crippen molar-refractivity contribution in [1.82, 2.24) is 0 Å². The molecule has 0 bridgehead atoms. The first-order chi connectivity index (χ1) is 9.29. The molecule has 0 radical (unpaired) electrons. The van der Waals surface area contributed by atoms with Crippen molar-refractivity contribution < 1.29 is 19.0 Å². The van der Waals surface area contributed by atoms with E-state index in [4.69, 9.17) is 19.9 Å². The van der Waals surface area contributed by atoms with Gasteiger partial charge in [-0.1, -0.05) is 0 Å². The van der Waals surface area contributed by atoms with Gasteiger partial charge in [-0.15, -0.1) is 0 Å². The van der Waals surface area contributed by atoms with E-state index in [1.165, 1.54) is 0 Å². The molecule has 0 aromatic heterocycles. The van der Waals surface area contributed by atoms with Gasteiger partial charge in [-0.3, -0.25) is 4.79 Å². The zero-order chi connectivity index (χ0) is 13.5. The maximum atomic E-state index is 11.9. The molecule has 2 rings (SSSR count). The topological polar surface area (TPSA) is 70.8 Å². The first-order valence-electron chi connectivity index (χ1n) is 7.39. The van der Waals surface area contributed by atoms with E-state index in [1.54, 1.807) is 0 Å². The smallest absolute Gasteiger partial charge is 0.308 e. The van der Waals surface area contributed by atoms with E-state index in [0.717, 1.165) is 45.1 Å². The molecule has 1 aliphatic heterocycles. The van der Waals surface area contributed by atoms with Gasteiger partial charge in [-0.25, -0.2) is 0 Å². The largest absolute Gasteiger partial charge is 0.465 e. The molecule has 1 aliphatic carbocycles. The van der Waals surface area contributed by atoms with E-state index in [-0.39, 0.29) is 18.2 Å². The third-order valence-corrected chi connectivity index (χ3v) is 4.03. The fourth-order valence-corrected chi connectivity index (χ4v) is 2.75. The number of hydrogen-bond acceptors (Lipinski definition) is 5. The number of nitrogens with two attached hydrogens (primary N) is 1. The van der Waals surface area contributed by atoms with Crippen molar-refractivity contribution in [3.05, 3.63) is 0 Å². The number of esters is 1. The van der Waals surface area contributed by atoms with Crippen LogP contribution >= 0.6 is 0 Å². The van der Waals surface area contributed by atoms with Gasteiger partial charge in [0.05, 0.1) is 25.7 Å². The van der Waals surface area contributed by atoms with Crippen LogP contribution in [-0.2, 0) is 19.0 Å². The fraction of sp³-hybridized carbons (Fsp3) is 0.929. The van der Waals surface area contributed by atoms with Crippen LogP contribution in [0.25, 0.3) is 0 Å². The fourth-order valence-electron chi connectivity index (χ4n) is 2.75. The van der Waals surface area contributed by atoms with Crippen LogP contribution in [0, 0.1) is 11.8 Å². The molecule has 110 valence electrons. The minimum Gasteiger partial charge on any atom is -0.465 e. The lowest BCUT2D eigenvalue weighted by molar-refractivity contribution is -0.150. The maximum absolute atomic E-state index is 11.9. The first kappa shape index (κ1) is 14.8. The molecule has 2 fully saturated rings. The Balaban J connectivity index is 1.54. The zero-order valence-electron chi connectivity index (χ0n) is 11.5. The second-order valence-corrected chi connectivity index (χ2v) is 5.43. The minimum atomic E-state index is -0.0984. The molecule has 1 heterocycles. The molecule has 19 heavy (non-hydrogen) atoms. The van der Waals surface area contributed by atoms with E-state index in [9.17, 15) is 4.79 Å². The molecule has 1 saturated carbocycles. The van der Waals surface area contributed by atoms with Crippen LogP contribution in [0.3, 0.4) is 0 Å². The van der Waals surface area contributed by atoms with Crippen LogP contribution in [0.5, 0.6) is 0 Å². The quantitative estimate of drug-likeness (QED) is 0.585. The highest BCUT2D eigenvalue weighted by atomic mass is 16.7. The molecule has 0 aromatic rings. The third-order valence-electron chi connectivity index (χ3n) is 4.03. The molecule has 0 atom stereocenters. The Morgan fingerprint density at radius 2 is 1.84 bits per heavy atom. The highest BCUT2D eigenvalue weighted by Crippen LogP contribution is 2.28. The summed E-state index contributed by atoms with van der Waals surface area (Å²) in [5.41, 5.74) is 5.64. The van der Waals surface area contributed by atoms with Crippen molar-refractivity contribution in [3.63, 3.8) is 0 Å². The number of rotatable bonds is 6. The Morgan fingerprint density at radius 3 is 2.47 bits per heavy atom. The van der Waals surface area contributed by atoms with Crippen LogP contribution < -0.4 is 5.73 Å². The van der Waals surface area contributed by atoms with Crippen LogP contribution in [0.15, 0.2) is 0 Å². The molecule has 0 amide bonds. The molecule has 2 aliphatic rings. The Kier molecular flexibility index (Phi) is 6.07. The monoisotopic (exact) mass is 271 g/mol. The molecule has 2 N–H and O–H groups in total. The van der Waals surface area contributed by atoms with Gasteiger partial charge >= 0.3 is 5.97 Å². The summed E-state index contributed by atoms with van der Waals surface area (Å²) in [6, 6.07) is 0. The summed E-state index contributed by atoms with van der Waals surface area (Å²) in [6.07, 6.45) is 5.46. The number of carbonyl (C=O) groups is 1. The Labute approximate surface area is 114 Å². The van der Waals surface area contributed by atoms with Crippen molar-refractivity contribution in [3.8, 4) is 0 Å². The highest BCUT2D eigenvalue weighted by Gasteiger charge is 2.26. The van der Waals surface area contributed by atoms with E-state index in [1.807, 2.05) is 0 Å². The van der Waals surface area contributed by atoms with E-state index >= 15 is 0 Å². The summed E-state index contributed by atoms with van der Waals surface area (Å²) in [4.78, 5) is 11.9. The lowest BCUT2D eigenvalue weighted by Gasteiger charge is -2.26. The predicted molar refractivity (Wildman–Crippen MR) is 70.4 cm³/mol. The van der Waals surface area contributed by atoms with E-state index < -0.39 is 0 Å². The van der Waals surface area contributed by atoms with Crippen LogP contribution in [0.4, 0.5) is 0 Å². The van der Waals surface area contributed by atoms with Crippen LogP contribution in [0.2, 0.25) is 0 Å². The molecular weight excluding hydrogens is 246 g/mol. The molecular formula is C14H25NO4. The van der Waals surface area contributed by atoms with Gasteiger partial charge in [-0.2, -0.15) is 0 Å². The van der Waals surface area contributed by atoms with Crippen molar-refractivity contribution in [2.24, 2.45) is 17.6 Å². The second-order valence-electron chi connectivity index (χ2n) is 5.43. The standard InChI is InChI=1S/C14H25NO4/c15-10-11-3-5-12(6-4-11)14(16)19-7-1-2-13-17-8-9-18-13/h11-13H,1-10,15H2/t11-,12-. The van der Waals surface area contributed by atoms with Gasteiger partial charge < -0.3 is 19.9 Å². The molecule has 0 aromatic carbocycles. The molecule has 0 spiro atoms. The summed E-state index contributed by atoms with van der Waals surface area (Å²) in [7, 11) is 0. The van der Waals surface area contributed by atoms with Crippen molar-refractivity contribution >= 4 is 5.97 Å². The van der Waals surface area contributed by atoms with Crippen LogP contribution in [0.1, 0.15) is 38.5 Å². The predicted octanol–water partition coefficient (Wildman–Crippen LogP) is 1.45. The van der Waals surface area contributed by atoms with E-state index in [0.29, 0.717) is 25.7 Å². The highest BCUT2D eigenvalue weighted by molar-refractivity contribution is 5.72. The zero-order valence-corrected chi connectivity index (χ0v) is 11.5. The van der Waals surface area contributed by atoms with Gasteiger partial charge in [-0.05, 0) is 44.6 Å². The summed E-state index contributed by atoms with van der Waals surface area (Å²) in [6.45, 7) is 2.56. The number of carbonyl (C=O) groups excluding carboxylic acids is 1. The summed E-state index contributed by atoms with van der Waals surface area (Å²) < 4.78 is 16.0. The molecule has 5 heteroatoms. The number of hydrogen-bond donors (Lipinski definition) is 1. The average Bonchev–Trinajstić information content (AvgIpc) is 2.96. The Bertz CT molecular complexity index is 271. The van der Waals surface area contributed by atoms with Gasteiger partial charge in [0.15, 0.2) is 6.29 Å². The van der Waals surface area contributed by atoms with E-state index in [2.05, 4.69) is 0 Å². The van der Waals surface area contributed by atoms with Gasteiger partial charge in [0, 0.05) is 6.42 Å². The van der Waals surface area contributed by atoms with Gasteiger partial charge in [0.2, 0.25) is 0 Å². The van der Waals surface area contributed by atoms with Crippen molar-refractivity contribution in [2.75, 3.05) is 26.4 Å². The minimum absolute atomic E-state index is 0.0382. The normalized spacial score (nSPS) is 28.5. The maximum Gasteiger partial charge on any atom is 0.308 e. The molecule has 5 nitrogen and oxygen atoms in total. The summed E-state index contributed by atoms with van der Waals surface area (Å²) >= 11 is 0. The lowest BCUT2D eigenvalue weighted by atomic mass is 9.82. The van der Waals surface area contributed by atoms with Crippen LogP contribution in [-0.4, -0.2) is 38.6 Å². The van der Waals surface area contributed by atoms with Crippen molar-refractivity contribution in [2.45, 2.75) is 44.8 Å². The molecule has 1 saturated heterocycles.